The van der Waals surface area contributed by atoms with Crippen molar-refractivity contribution in [3.05, 3.63) is 89.5 Å². The van der Waals surface area contributed by atoms with Crippen LogP contribution in [0.1, 0.15) is 41.3 Å². The summed E-state index contributed by atoms with van der Waals surface area (Å²) in [5, 5.41) is 9.12. The first-order valence-electron chi connectivity index (χ1n) is 10.5. The zero-order chi connectivity index (χ0) is 23.0. The number of nitrogens with one attached hydrogen (secondary N) is 1. The van der Waals surface area contributed by atoms with Crippen molar-refractivity contribution in [3.63, 3.8) is 0 Å². The Bertz CT molecular complexity index is 1160. The smallest absolute Gasteiger partial charge is 0.335 e. The molecule has 2 N–H and O–H groups in total. The normalized spacial score (nSPS) is 11.2. The summed E-state index contributed by atoms with van der Waals surface area (Å²) in [5.74, 6) is -0.310. The first kappa shape index (κ1) is 23.3. The maximum Gasteiger partial charge on any atom is 0.335 e. The molecule has 0 fully saturated rings. The molecule has 0 unspecified atom stereocenters. The van der Waals surface area contributed by atoms with Crippen LogP contribution in [0.4, 0.5) is 5.69 Å². The predicted octanol–water partition coefficient (Wildman–Crippen LogP) is 5.15. The Balaban J connectivity index is 1.64. The highest BCUT2D eigenvalue weighted by molar-refractivity contribution is 7.92. The maximum atomic E-state index is 12.8. The Morgan fingerprint density at radius 1 is 0.938 bits per heavy atom. The second-order valence-corrected chi connectivity index (χ2v) is 9.17. The highest BCUT2D eigenvalue weighted by Crippen LogP contribution is 2.21. The van der Waals surface area contributed by atoms with E-state index in [1.165, 1.54) is 12.1 Å². The van der Waals surface area contributed by atoms with E-state index in [9.17, 15) is 13.2 Å². The number of carboxylic acids is 1. The molecule has 6 nitrogen and oxygen atoms in total. The Labute approximate surface area is 188 Å². The molecule has 0 heterocycles. The van der Waals surface area contributed by atoms with Crippen LogP contribution in [0.2, 0.25) is 0 Å². The number of anilines is 1. The first-order chi connectivity index (χ1) is 15.4. The maximum absolute atomic E-state index is 12.8. The molecule has 0 atom stereocenters. The Morgan fingerprint density at radius 2 is 1.59 bits per heavy atom. The number of unbranched alkanes of at least 4 members (excludes halogenated alkanes) is 1. The van der Waals surface area contributed by atoms with E-state index in [1.54, 1.807) is 48.5 Å². The lowest BCUT2D eigenvalue weighted by Gasteiger charge is -2.11. The molecule has 0 aliphatic rings. The van der Waals surface area contributed by atoms with Crippen molar-refractivity contribution in [2.45, 2.75) is 37.5 Å². The molecule has 0 radical (unpaired) electrons. The second kappa shape index (κ2) is 10.8. The molecule has 3 aromatic carbocycles. The summed E-state index contributed by atoms with van der Waals surface area (Å²) in [6, 6.07) is 20.4. The van der Waals surface area contributed by atoms with E-state index < -0.39 is 16.0 Å². The van der Waals surface area contributed by atoms with Crippen molar-refractivity contribution >= 4 is 21.7 Å². The van der Waals surface area contributed by atoms with Gasteiger partial charge in [0.2, 0.25) is 0 Å². The van der Waals surface area contributed by atoms with Gasteiger partial charge in [0.05, 0.1) is 17.1 Å². The molecule has 3 aromatic rings. The van der Waals surface area contributed by atoms with Crippen molar-refractivity contribution in [2.75, 3.05) is 11.3 Å². The number of ether oxygens (including phenoxy) is 1. The predicted molar refractivity (Wildman–Crippen MR) is 125 cm³/mol. The molecule has 0 amide bonds. The fourth-order valence-electron chi connectivity index (χ4n) is 3.20. The number of sulfonamides is 1. The summed E-state index contributed by atoms with van der Waals surface area (Å²) < 4.78 is 33.7. The minimum atomic E-state index is -3.73. The van der Waals surface area contributed by atoms with Gasteiger partial charge in [-0.2, -0.15) is 0 Å². The van der Waals surface area contributed by atoms with E-state index in [0.29, 0.717) is 30.9 Å². The summed E-state index contributed by atoms with van der Waals surface area (Å²) in [7, 11) is -3.73. The van der Waals surface area contributed by atoms with Crippen LogP contribution in [-0.2, 0) is 22.9 Å². The Morgan fingerprint density at radius 3 is 2.25 bits per heavy atom. The van der Waals surface area contributed by atoms with Crippen molar-refractivity contribution in [1.29, 1.82) is 0 Å². The molecule has 0 saturated carbocycles. The van der Waals surface area contributed by atoms with E-state index in [4.69, 9.17) is 9.84 Å². The van der Waals surface area contributed by atoms with Gasteiger partial charge >= 0.3 is 5.97 Å². The van der Waals surface area contributed by atoms with Crippen LogP contribution in [-0.4, -0.2) is 26.1 Å². The summed E-state index contributed by atoms with van der Waals surface area (Å²) >= 11 is 0. The van der Waals surface area contributed by atoms with Gasteiger partial charge in [-0.1, -0.05) is 37.6 Å². The third-order valence-corrected chi connectivity index (χ3v) is 6.35. The lowest BCUT2D eigenvalue weighted by molar-refractivity contribution is 0.0696. The summed E-state index contributed by atoms with van der Waals surface area (Å²) in [5.41, 5.74) is 2.60. The number of benzene rings is 3. The zero-order valence-corrected chi connectivity index (χ0v) is 18.8. The fraction of sp³-hybridized carbons (Fsp3) is 0.240. The fourth-order valence-corrected chi connectivity index (χ4v) is 4.25. The molecule has 0 aromatic heterocycles. The Hall–Kier alpha value is -3.32. The van der Waals surface area contributed by atoms with Gasteiger partial charge in [0.1, 0.15) is 5.75 Å². The van der Waals surface area contributed by atoms with Gasteiger partial charge in [-0.05, 0) is 78.9 Å². The molecule has 7 heteroatoms. The quantitative estimate of drug-likeness (QED) is 0.392. The molecule has 0 aliphatic heterocycles. The molecule has 0 saturated heterocycles. The number of rotatable bonds is 11. The second-order valence-electron chi connectivity index (χ2n) is 7.48. The molecule has 0 aliphatic carbocycles. The van der Waals surface area contributed by atoms with Crippen LogP contribution in [0.5, 0.6) is 5.75 Å². The average Bonchev–Trinajstić information content (AvgIpc) is 2.78. The standard InChI is InChI=1S/C25H27NO5S/c1-2-3-16-31-23-12-14-24(15-13-23)32(29,30)26-22-9-5-7-20(18-22)11-10-19-6-4-8-21(17-19)25(27)28/h4-9,12-15,17-18,26H,2-3,10-11,16H2,1H3,(H,27,28). The van der Waals surface area contributed by atoms with Gasteiger partial charge in [-0.15, -0.1) is 0 Å². The van der Waals surface area contributed by atoms with E-state index in [1.807, 2.05) is 12.1 Å². The third kappa shape index (κ3) is 6.59. The van der Waals surface area contributed by atoms with Crippen LogP contribution in [0.15, 0.2) is 77.7 Å². The van der Waals surface area contributed by atoms with Gasteiger partial charge in [-0.3, -0.25) is 4.72 Å². The Kier molecular flexibility index (Phi) is 7.89. The lowest BCUT2D eigenvalue weighted by Crippen LogP contribution is -2.13. The summed E-state index contributed by atoms with van der Waals surface area (Å²) in [6.07, 6.45) is 3.28. The minimum Gasteiger partial charge on any atom is -0.494 e. The van der Waals surface area contributed by atoms with Crippen molar-refractivity contribution in [3.8, 4) is 5.75 Å². The van der Waals surface area contributed by atoms with Gasteiger partial charge in [0.25, 0.3) is 10.0 Å². The number of hydrogen-bond acceptors (Lipinski definition) is 4. The van der Waals surface area contributed by atoms with Gasteiger partial charge in [0.15, 0.2) is 0 Å². The molecule has 3 rings (SSSR count). The zero-order valence-electron chi connectivity index (χ0n) is 18.0. The van der Waals surface area contributed by atoms with Crippen molar-refractivity contribution in [2.24, 2.45) is 0 Å². The molecule has 0 spiro atoms. The van der Waals surface area contributed by atoms with Gasteiger partial charge < -0.3 is 9.84 Å². The lowest BCUT2D eigenvalue weighted by atomic mass is 10.0. The molecule has 32 heavy (non-hydrogen) atoms. The monoisotopic (exact) mass is 453 g/mol. The van der Waals surface area contributed by atoms with Crippen LogP contribution in [0.25, 0.3) is 0 Å². The molecular weight excluding hydrogens is 426 g/mol. The number of hydrogen-bond donors (Lipinski definition) is 2. The van der Waals surface area contributed by atoms with Crippen molar-refractivity contribution in [1.82, 2.24) is 0 Å². The van der Waals surface area contributed by atoms with E-state index >= 15 is 0 Å². The van der Waals surface area contributed by atoms with Gasteiger partial charge in [0, 0.05) is 5.69 Å². The van der Waals surface area contributed by atoms with E-state index in [2.05, 4.69) is 11.6 Å². The minimum absolute atomic E-state index is 0.163. The van der Waals surface area contributed by atoms with Crippen LogP contribution in [0, 0.1) is 0 Å². The number of carbonyl (C=O) groups is 1. The van der Waals surface area contributed by atoms with E-state index in [0.717, 1.165) is 24.0 Å². The SMILES string of the molecule is CCCCOc1ccc(S(=O)(=O)Nc2cccc(CCc3cccc(C(=O)O)c3)c2)cc1. The van der Waals surface area contributed by atoms with E-state index in [-0.39, 0.29) is 10.5 Å². The molecule has 0 bridgehead atoms. The summed E-state index contributed by atoms with van der Waals surface area (Å²) in [4.78, 5) is 11.3. The molecular formula is C25H27NO5S. The first-order valence-corrected chi connectivity index (χ1v) is 12.0. The van der Waals surface area contributed by atoms with Crippen molar-refractivity contribution < 1.29 is 23.1 Å². The largest absolute Gasteiger partial charge is 0.494 e. The number of aryl methyl sites for hydroxylation is 2. The van der Waals surface area contributed by atoms with Gasteiger partial charge in [-0.25, -0.2) is 13.2 Å². The number of carboxylic acid groups (broad SMARTS) is 1. The van der Waals surface area contributed by atoms with Crippen LogP contribution in [0.3, 0.4) is 0 Å². The topological polar surface area (TPSA) is 92.7 Å². The highest BCUT2D eigenvalue weighted by Gasteiger charge is 2.14. The van der Waals surface area contributed by atoms with Crippen LogP contribution >= 0.6 is 0 Å². The third-order valence-electron chi connectivity index (χ3n) is 4.96. The number of aromatic carboxylic acids is 1. The highest BCUT2D eigenvalue weighted by atomic mass is 32.2. The molecule has 168 valence electrons. The van der Waals surface area contributed by atoms with Crippen LogP contribution < -0.4 is 9.46 Å². The average molecular weight is 454 g/mol. The summed E-state index contributed by atoms with van der Waals surface area (Å²) in [6.45, 7) is 2.69.